The first-order valence-corrected chi connectivity index (χ1v) is 10.3. The summed E-state index contributed by atoms with van der Waals surface area (Å²) < 4.78 is 27.7. The van der Waals surface area contributed by atoms with Crippen LogP contribution in [0.3, 0.4) is 0 Å². The number of hydrogen-bond acceptors (Lipinski definition) is 5. The zero-order chi connectivity index (χ0) is 18.9. The van der Waals surface area contributed by atoms with E-state index in [0.29, 0.717) is 17.6 Å². The molecule has 0 N–H and O–H groups in total. The van der Waals surface area contributed by atoms with Crippen LogP contribution in [-0.4, -0.2) is 43.8 Å². The third-order valence-electron chi connectivity index (χ3n) is 4.34. The van der Waals surface area contributed by atoms with Crippen molar-refractivity contribution < 1.29 is 13.3 Å². The average molecular weight is 440 g/mol. The van der Waals surface area contributed by atoms with Gasteiger partial charge in [0.05, 0.1) is 4.92 Å². The zero-order valence-electron chi connectivity index (χ0n) is 14.1. The molecule has 0 spiro atoms. The second kappa shape index (κ2) is 7.34. The molecule has 0 unspecified atom stereocenters. The van der Waals surface area contributed by atoms with E-state index in [1.54, 1.807) is 0 Å². The van der Waals surface area contributed by atoms with Crippen LogP contribution >= 0.6 is 15.9 Å². The van der Waals surface area contributed by atoms with E-state index in [1.165, 1.54) is 22.5 Å². The number of benzene rings is 2. The van der Waals surface area contributed by atoms with Crippen LogP contribution in [0.15, 0.2) is 51.8 Å². The highest BCUT2D eigenvalue weighted by molar-refractivity contribution is 9.10. The molecule has 0 atom stereocenters. The number of halogens is 1. The molecule has 1 saturated heterocycles. The first-order valence-electron chi connectivity index (χ1n) is 8.05. The van der Waals surface area contributed by atoms with Gasteiger partial charge in [-0.1, -0.05) is 28.1 Å². The van der Waals surface area contributed by atoms with E-state index < -0.39 is 20.6 Å². The van der Waals surface area contributed by atoms with E-state index in [1.807, 2.05) is 25.1 Å². The van der Waals surface area contributed by atoms with Crippen LogP contribution < -0.4 is 4.90 Å². The van der Waals surface area contributed by atoms with Crippen molar-refractivity contribution in [1.29, 1.82) is 0 Å². The van der Waals surface area contributed by atoms with E-state index in [0.717, 1.165) is 11.3 Å². The van der Waals surface area contributed by atoms with Gasteiger partial charge < -0.3 is 4.90 Å². The van der Waals surface area contributed by atoms with E-state index >= 15 is 0 Å². The summed E-state index contributed by atoms with van der Waals surface area (Å²) in [6.07, 6.45) is 0. The highest BCUT2D eigenvalue weighted by Crippen LogP contribution is 2.30. The minimum absolute atomic E-state index is 0.277. The zero-order valence-corrected chi connectivity index (χ0v) is 16.5. The van der Waals surface area contributed by atoms with Gasteiger partial charge in [0.1, 0.15) is 0 Å². The monoisotopic (exact) mass is 439 g/mol. The molecule has 0 aromatic heterocycles. The number of nitro groups is 1. The van der Waals surface area contributed by atoms with Crippen LogP contribution in [0.5, 0.6) is 0 Å². The lowest BCUT2D eigenvalue weighted by Gasteiger charge is -2.35. The van der Waals surface area contributed by atoms with Gasteiger partial charge >= 0.3 is 0 Å². The number of sulfonamides is 1. The van der Waals surface area contributed by atoms with Crippen molar-refractivity contribution in [3.8, 4) is 0 Å². The van der Waals surface area contributed by atoms with Gasteiger partial charge in [0, 0.05) is 42.4 Å². The lowest BCUT2D eigenvalue weighted by Crippen LogP contribution is -2.48. The van der Waals surface area contributed by atoms with Crippen molar-refractivity contribution in [2.24, 2.45) is 0 Å². The second-order valence-electron chi connectivity index (χ2n) is 6.10. The minimum Gasteiger partial charge on any atom is -0.369 e. The SMILES string of the molecule is Cc1cccc(N2CCN(S(=O)(=O)c3cc(Br)ccc3[N+](=O)[O-])CC2)c1. The molecule has 0 saturated carbocycles. The van der Waals surface area contributed by atoms with E-state index in [4.69, 9.17) is 0 Å². The molecule has 2 aromatic rings. The largest absolute Gasteiger partial charge is 0.369 e. The Morgan fingerprint density at radius 2 is 1.77 bits per heavy atom. The van der Waals surface area contributed by atoms with Gasteiger partial charge in [-0.25, -0.2) is 8.42 Å². The van der Waals surface area contributed by atoms with Crippen molar-refractivity contribution in [2.45, 2.75) is 11.8 Å². The summed E-state index contributed by atoms with van der Waals surface area (Å²) in [5.41, 5.74) is 1.78. The molecule has 26 heavy (non-hydrogen) atoms. The minimum atomic E-state index is -3.94. The highest BCUT2D eigenvalue weighted by atomic mass is 79.9. The van der Waals surface area contributed by atoms with Crippen LogP contribution in [0.25, 0.3) is 0 Å². The lowest BCUT2D eigenvalue weighted by atomic mass is 10.2. The second-order valence-corrected chi connectivity index (χ2v) is 8.92. The maximum Gasteiger partial charge on any atom is 0.289 e. The van der Waals surface area contributed by atoms with Gasteiger partial charge in [0.25, 0.3) is 5.69 Å². The third-order valence-corrected chi connectivity index (χ3v) is 6.76. The molecule has 0 radical (unpaired) electrons. The summed E-state index contributed by atoms with van der Waals surface area (Å²) in [5, 5.41) is 11.2. The Bertz CT molecular complexity index is 941. The molecule has 1 fully saturated rings. The number of aryl methyl sites for hydroxylation is 1. The first-order chi connectivity index (χ1) is 12.3. The Hall–Kier alpha value is -1.97. The Morgan fingerprint density at radius 3 is 2.38 bits per heavy atom. The number of nitro benzene ring substituents is 1. The Labute approximate surface area is 160 Å². The van der Waals surface area contributed by atoms with E-state index in [-0.39, 0.29) is 18.0 Å². The maximum absolute atomic E-state index is 12.9. The molecule has 0 amide bonds. The number of piperazine rings is 1. The maximum atomic E-state index is 12.9. The van der Waals surface area contributed by atoms with Crippen LogP contribution in [0.4, 0.5) is 11.4 Å². The van der Waals surface area contributed by atoms with Gasteiger partial charge in [-0.05, 0) is 36.8 Å². The topological polar surface area (TPSA) is 83.8 Å². The fraction of sp³-hybridized carbons (Fsp3) is 0.294. The summed E-state index contributed by atoms with van der Waals surface area (Å²) in [7, 11) is -3.94. The number of rotatable bonds is 4. The van der Waals surface area contributed by atoms with Crippen molar-refractivity contribution in [2.75, 3.05) is 31.1 Å². The molecule has 9 heteroatoms. The molecule has 1 aliphatic heterocycles. The van der Waals surface area contributed by atoms with Gasteiger partial charge in [0.2, 0.25) is 10.0 Å². The Balaban J connectivity index is 1.83. The van der Waals surface area contributed by atoms with Crippen molar-refractivity contribution >= 4 is 37.3 Å². The Kier molecular flexibility index (Phi) is 5.31. The fourth-order valence-corrected chi connectivity index (χ4v) is 5.11. The van der Waals surface area contributed by atoms with E-state index in [2.05, 4.69) is 26.9 Å². The van der Waals surface area contributed by atoms with Crippen LogP contribution in [0.1, 0.15) is 5.56 Å². The van der Waals surface area contributed by atoms with Crippen molar-refractivity contribution in [3.05, 3.63) is 62.6 Å². The summed E-state index contributed by atoms with van der Waals surface area (Å²) in [4.78, 5) is 12.4. The van der Waals surface area contributed by atoms with Gasteiger partial charge in [0.15, 0.2) is 4.90 Å². The highest BCUT2D eigenvalue weighted by Gasteiger charge is 2.34. The molecule has 3 rings (SSSR count). The quantitative estimate of drug-likeness (QED) is 0.539. The van der Waals surface area contributed by atoms with Crippen LogP contribution in [0, 0.1) is 17.0 Å². The van der Waals surface area contributed by atoms with Gasteiger partial charge in [-0.2, -0.15) is 4.31 Å². The third kappa shape index (κ3) is 3.74. The van der Waals surface area contributed by atoms with Crippen LogP contribution in [0.2, 0.25) is 0 Å². The molecular weight excluding hydrogens is 422 g/mol. The molecule has 2 aromatic carbocycles. The van der Waals surface area contributed by atoms with Crippen molar-refractivity contribution in [1.82, 2.24) is 4.31 Å². The lowest BCUT2D eigenvalue weighted by molar-refractivity contribution is -0.387. The standard InChI is InChI=1S/C17H18BrN3O4S/c1-13-3-2-4-15(11-13)19-7-9-20(10-8-19)26(24,25)17-12-14(18)5-6-16(17)21(22)23/h2-6,11-12H,7-10H2,1H3. The predicted molar refractivity (Wildman–Crippen MR) is 103 cm³/mol. The van der Waals surface area contributed by atoms with Crippen LogP contribution in [-0.2, 0) is 10.0 Å². The summed E-state index contributed by atoms with van der Waals surface area (Å²) in [5.74, 6) is 0. The molecule has 7 nitrogen and oxygen atoms in total. The Morgan fingerprint density at radius 1 is 1.08 bits per heavy atom. The first kappa shape index (κ1) is 18.8. The molecule has 1 aliphatic rings. The van der Waals surface area contributed by atoms with Gasteiger partial charge in [-0.3, -0.25) is 10.1 Å². The molecule has 0 bridgehead atoms. The summed E-state index contributed by atoms with van der Waals surface area (Å²) in [6.45, 7) is 3.63. The predicted octanol–water partition coefficient (Wildman–Crippen LogP) is 3.18. The smallest absolute Gasteiger partial charge is 0.289 e. The van der Waals surface area contributed by atoms with Gasteiger partial charge in [-0.15, -0.1) is 0 Å². The number of anilines is 1. The van der Waals surface area contributed by atoms with E-state index in [9.17, 15) is 18.5 Å². The normalized spacial score (nSPS) is 15.8. The molecule has 138 valence electrons. The fourth-order valence-electron chi connectivity index (χ4n) is 3.00. The average Bonchev–Trinajstić information content (AvgIpc) is 2.61. The van der Waals surface area contributed by atoms with Crippen molar-refractivity contribution in [3.63, 3.8) is 0 Å². The molecule has 0 aliphatic carbocycles. The number of hydrogen-bond donors (Lipinski definition) is 0. The molecule has 1 heterocycles. The summed E-state index contributed by atoms with van der Waals surface area (Å²) >= 11 is 3.20. The summed E-state index contributed by atoms with van der Waals surface area (Å²) in [6, 6.07) is 12.0. The number of nitrogens with zero attached hydrogens (tertiary/aromatic N) is 3. The molecular formula is C17H18BrN3O4S.